The molecule has 1 saturated heterocycles. The number of aryl methyl sites for hydroxylation is 3. The van der Waals surface area contributed by atoms with Gasteiger partial charge >= 0.3 is 0 Å². The summed E-state index contributed by atoms with van der Waals surface area (Å²) in [6, 6.07) is 10.2. The van der Waals surface area contributed by atoms with Gasteiger partial charge in [-0.05, 0) is 74.6 Å². The Kier molecular flexibility index (Phi) is 5.76. The summed E-state index contributed by atoms with van der Waals surface area (Å²) in [6.07, 6.45) is 0.894. The molecule has 2 aromatic carbocycles. The predicted octanol–water partition coefficient (Wildman–Crippen LogP) is 3.36. The van der Waals surface area contributed by atoms with Crippen molar-refractivity contribution < 1.29 is 18.3 Å². The topological polar surface area (TPSA) is 86.7 Å². The molecule has 1 aliphatic heterocycles. The molecule has 1 fully saturated rings. The van der Waals surface area contributed by atoms with E-state index in [1.165, 1.54) is 4.31 Å². The fourth-order valence-corrected chi connectivity index (χ4v) is 4.92. The first-order valence-electron chi connectivity index (χ1n) is 9.36. The zero-order valence-corrected chi connectivity index (χ0v) is 17.2. The molecule has 7 heteroatoms. The summed E-state index contributed by atoms with van der Waals surface area (Å²) in [5, 5.41) is 12.7. The summed E-state index contributed by atoms with van der Waals surface area (Å²) in [4.78, 5) is 12.8. The molecule has 0 spiro atoms. The summed E-state index contributed by atoms with van der Waals surface area (Å²) in [5.41, 5.74) is 3.27. The molecule has 0 saturated carbocycles. The van der Waals surface area contributed by atoms with Crippen molar-refractivity contribution in [3.63, 3.8) is 0 Å². The van der Waals surface area contributed by atoms with E-state index in [0.29, 0.717) is 36.5 Å². The lowest BCUT2D eigenvalue weighted by atomic mass is 9.97. The smallest absolute Gasteiger partial charge is 0.243 e. The lowest BCUT2D eigenvalue weighted by molar-refractivity contribution is -0.120. The Bertz CT molecular complexity index is 993. The Hall–Kier alpha value is -2.38. The van der Waals surface area contributed by atoms with Crippen LogP contribution in [0.3, 0.4) is 0 Å². The number of rotatable bonds is 4. The molecule has 2 N–H and O–H groups in total. The minimum absolute atomic E-state index is 0.0307. The Morgan fingerprint density at radius 2 is 1.71 bits per heavy atom. The van der Waals surface area contributed by atoms with Crippen molar-refractivity contribution >= 4 is 21.6 Å². The van der Waals surface area contributed by atoms with Gasteiger partial charge in [-0.15, -0.1) is 0 Å². The van der Waals surface area contributed by atoms with Crippen LogP contribution in [0.15, 0.2) is 41.3 Å². The van der Waals surface area contributed by atoms with E-state index in [0.717, 1.165) is 16.7 Å². The number of amides is 1. The van der Waals surface area contributed by atoms with Crippen molar-refractivity contribution in [2.75, 3.05) is 18.4 Å². The molecule has 6 nitrogen and oxygen atoms in total. The quantitative estimate of drug-likeness (QED) is 0.768. The van der Waals surface area contributed by atoms with Gasteiger partial charge < -0.3 is 10.4 Å². The van der Waals surface area contributed by atoms with Gasteiger partial charge in [0.2, 0.25) is 15.9 Å². The maximum absolute atomic E-state index is 12.9. The van der Waals surface area contributed by atoms with Gasteiger partial charge in [-0.3, -0.25) is 4.79 Å². The molecule has 2 aromatic rings. The molecular weight excluding hydrogens is 376 g/mol. The summed E-state index contributed by atoms with van der Waals surface area (Å²) >= 11 is 0. The van der Waals surface area contributed by atoms with E-state index in [1.54, 1.807) is 24.3 Å². The van der Waals surface area contributed by atoms with E-state index < -0.39 is 10.0 Å². The van der Waals surface area contributed by atoms with E-state index in [9.17, 15) is 18.3 Å². The number of aromatic hydroxyl groups is 1. The van der Waals surface area contributed by atoms with Crippen LogP contribution in [-0.2, 0) is 14.8 Å². The number of carbonyl (C=O) groups excluding carboxylic acids is 1. The number of phenols is 1. The molecule has 150 valence electrons. The number of hydrogen-bond acceptors (Lipinski definition) is 4. The maximum Gasteiger partial charge on any atom is 0.243 e. The van der Waals surface area contributed by atoms with Crippen molar-refractivity contribution in [1.82, 2.24) is 4.31 Å². The Morgan fingerprint density at radius 3 is 2.32 bits per heavy atom. The summed E-state index contributed by atoms with van der Waals surface area (Å²) in [6.45, 7) is 6.30. The van der Waals surface area contributed by atoms with Crippen LogP contribution in [0.25, 0.3) is 0 Å². The third kappa shape index (κ3) is 4.20. The second-order valence-electron chi connectivity index (χ2n) is 7.43. The van der Waals surface area contributed by atoms with Gasteiger partial charge in [0.1, 0.15) is 5.75 Å². The highest BCUT2D eigenvalue weighted by Gasteiger charge is 2.32. The van der Waals surface area contributed by atoms with E-state index >= 15 is 0 Å². The van der Waals surface area contributed by atoms with Gasteiger partial charge in [0, 0.05) is 19.0 Å². The molecule has 0 atom stereocenters. The van der Waals surface area contributed by atoms with Crippen molar-refractivity contribution in [2.45, 2.75) is 38.5 Å². The van der Waals surface area contributed by atoms with Gasteiger partial charge in [0.15, 0.2) is 0 Å². The average Bonchev–Trinajstić information content (AvgIpc) is 2.66. The summed E-state index contributed by atoms with van der Waals surface area (Å²) in [5.74, 6) is -0.447. The van der Waals surface area contributed by atoms with Crippen LogP contribution < -0.4 is 5.32 Å². The fraction of sp³-hybridized carbons (Fsp3) is 0.381. The van der Waals surface area contributed by atoms with Crippen LogP contribution >= 0.6 is 0 Å². The number of nitrogens with one attached hydrogen (secondary N) is 1. The first-order valence-corrected chi connectivity index (χ1v) is 10.8. The van der Waals surface area contributed by atoms with Crippen LogP contribution in [0.1, 0.15) is 29.5 Å². The van der Waals surface area contributed by atoms with Crippen molar-refractivity contribution in [3.05, 3.63) is 53.1 Å². The monoisotopic (exact) mass is 402 g/mol. The average molecular weight is 403 g/mol. The van der Waals surface area contributed by atoms with Gasteiger partial charge in [-0.1, -0.05) is 12.1 Å². The van der Waals surface area contributed by atoms with E-state index in [4.69, 9.17) is 0 Å². The molecule has 0 aliphatic carbocycles. The number of piperidine rings is 1. The lowest BCUT2D eigenvalue weighted by Crippen LogP contribution is -2.41. The number of phenolic OH excluding ortho intramolecular Hbond substituents is 1. The predicted molar refractivity (Wildman–Crippen MR) is 109 cm³/mol. The van der Waals surface area contributed by atoms with E-state index in [-0.39, 0.29) is 17.6 Å². The SMILES string of the molecule is Cc1ccc(NC(=O)C2CCN(S(=O)(=O)c3ccc(C)c(C)c3)CC2)c(O)c1. The Labute approximate surface area is 166 Å². The molecule has 1 amide bonds. The molecule has 1 aliphatic rings. The number of nitrogens with zero attached hydrogens (tertiary/aromatic N) is 1. The second kappa shape index (κ2) is 7.93. The Balaban J connectivity index is 1.64. The zero-order valence-electron chi connectivity index (χ0n) is 16.4. The number of sulfonamides is 1. The zero-order chi connectivity index (χ0) is 20.5. The van der Waals surface area contributed by atoms with E-state index in [2.05, 4.69) is 5.32 Å². The highest BCUT2D eigenvalue weighted by atomic mass is 32.2. The van der Waals surface area contributed by atoms with Crippen molar-refractivity contribution in [1.29, 1.82) is 0 Å². The highest BCUT2D eigenvalue weighted by molar-refractivity contribution is 7.89. The van der Waals surface area contributed by atoms with Gasteiger partial charge in [-0.25, -0.2) is 8.42 Å². The highest BCUT2D eigenvalue weighted by Crippen LogP contribution is 2.28. The van der Waals surface area contributed by atoms with Gasteiger partial charge in [0.05, 0.1) is 10.6 Å². The van der Waals surface area contributed by atoms with Crippen molar-refractivity contribution in [3.8, 4) is 5.75 Å². The first-order chi connectivity index (χ1) is 13.2. The summed E-state index contributed by atoms with van der Waals surface area (Å²) in [7, 11) is -3.56. The summed E-state index contributed by atoms with van der Waals surface area (Å²) < 4.78 is 27.2. The number of hydrogen-bond donors (Lipinski definition) is 2. The van der Waals surface area contributed by atoms with Crippen LogP contribution in [0.4, 0.5) is 5.69 Å². The molecule has 0 unspecified atom stereocenters. The molecule has 0 radical (unpaired) electrons. The molecule has 0 aromatic heterocycles. The van der Waals surface area contributed by atoms with Crippen LogP contribution in [0.2, 0.25) is 0 Å². The normalized spacial score (nSPS) is 16.1. The first kappa shape index (κ1) is 20.4. The van der Waals surface area contributed by atoms with Crippen LogP contribution in [0, 0.1) is 26.7 Å². The molecule has 3 rings (SSSR count). The Morgan fingerprint density at radius 1 is 1.04 bits per heavy atom. The number of anilines is 1. The molecule has 28 heavy (non-hydrogen) atoms. The third-order valence-electron chi connectivity index (χ3n) is 5.35. The van der Waals surface area contributed by atoms with Crippen molar-refractivity contribution in [2.24, 2.45) is 5.92 Å². The lowest BCUT2D eigenvalue weighted by Gasteiger charge is -2.30. The van der Waals surface area contributed by atoms with Crippen LogP contribution in [-0.4, -0.2) is 36.8 Å². The largest absolute Gasteiger partial charge is 0.506 e. The van der Waals surface area contributed by atoms with Gasteiger partial charge in [-0.2, -0.15) is 4.31 Å². The third-order valence-corrected chi connectivity index (χ3v) is 7.25. The number of benzene rings is 2. The fourth-order valence-electron chi connectivity index (χ4n) is 3.36. The molecule has 0 bridgehead atoms. The van der Waals surface area contributed by atoms with Crippen LogP contribution in [0.5, 0.6) is 5.75 Å². The standard InChI is InChI=1S/C21H26N2O4S/c1-14-4-7-19(20(24)12-14)22-21(25)17-8-10-23(11-9-17)28(26,27)18-6-5-15(2)16(3)13-18/h4-7,12-13,17,24H,8-11H2,1-3H3,(H,22,25). The second-order valence-corrected chi connectivity index (χ2v) is 9.37. The minimum atomic E-state index is -3.56. The molecular formula is C21H26N2O4S. The van der Waals surface area contributed by atoms with E-state index in [1.807, 2.05) is 32.9 Å². The maximum atomic E-state index is 12.9. The molecule has 1 heterocycles. The van der Waals surface area contributed by atoms with Gasteiger partial charge in [0.25, 0.3) is 0 Å². The minimum Gasteiger partial charge on any atom is -0.506 e. The number of carbonyl (C=O) groups is 1.